The monoisotopic (exact) mass is 207 g/mol. The topological polar surface area (TPSA) is 32.9 Å². The molecule has 1 aromatic heterocycles. The minimum Gasteiger partial charge on any atom is -0.359 e. The molecule has 0 atom stereocenters. The number of halogens is 1. The Hall–Kier alpha value is -1.28. The SMILES string of the molecule is Cc1cc2cc(C(=O)CCl)ccc2[nH]1. The summed E-state index contributed by atoms with van der Waals surface area (Å²) in [6, 6.07) is 7.58. The maximum atomic E-state index is 11.3. The molecule has 0 bridgehead atoms. The Morgan fingerprint density at radius 3 is 2.93 bits per heavy atom. The third-order valence-corrected chi connectivity index (χ3v) is 2.44. The lowest BCUT2D eigenvalue weighted by atomic mass is 10.1. The number of hydrogen-bond acceptors (Lipinski definition) is 1. The van der Waals surface area contributed by atoms with E-state index in [4.69, 9.17) is 11.6 Å². The summed E-state index contributed by atoms with van der Waals surface area (Å²) in [4.78, 5) is 14.5. The number of rotatable bonds is 2. The number of aromatic amines is 1. The zero-order chi connectivity index (χ0) is 10.1. The molecule has 0 radical (unpaired) electrons. The molecule has 0 saturated carbocycles. The molecule has 1 heterocycles. The summed E-state index contributed by atoms with van der Waals surface area (Å²) in [5, 5.41) is 1.05. The molecule has 2 nitrogen and oxygen atoms in total. The van der Waals surface area contributed by atoms with E-state index in [2.05, 4.69) is 4.98 Å². The predicted molar refractivity (Wildman–Crippen MR) is 58.1 cm³/mol. The van der Waals surface area contributed by atoms with E-state index in [1.807, 2.05) is 25.1 Å². The summed E-state index contributed by atoms with van der Waals surface area (Å²) in [6.07, 6.45) is 0. The van der Waals surface area contributed by atoms with Gasteiger partial charge in [0.05, 0.1) is 5.88 Å². The number of Topliss-reactive ketones (excluding diaryl/α,β-unsaturated/α-hetero) is 1. The molecule has 0 aliphatic heterocycles. The van der Waals surface area contributed by atoms with Crippen molar-refractivity contribution >= 4 is 28.3 Å². The highest BCUT2D eigenvalue weighted by Gasteiger charge is 2.05. The van der Waals surface area contributed by atoms with Gasteiger partial charge in [0.1, 0.15) is 0 Å². The second-order valence-electron chi connectivity index (χ2n) is 3.31. The van der Waals surface area contributed by atoms with E-state index < -0.39 is 0 Å². The number of hydrogen-bond donors (Lipinski definition) is 1. The first kappa shape index (κ1) is 9.28. The lowest BCUT2D eigenvalue weighted by Gasteiger charge is -1.96. The highest BCUT2D eigenvalue weighted by molar-refractivity contribution is 6.30. The smallest absolute Gasteiger partial charge is 0.177 e. The Bertz CT molecular complexity index is 487. The van der Waals surface area contributed by atoms with Crippen molar-refractivity contribution in [2.75, 3.05) is 5.88 Å². The van der Waals surface area contributed by atoms with Crippen LogP contribution in [0.5, 0.6) is 0 Å². The van der Waals surface area contributed by atoms with Crippen molar-refractivity contribution in [2.45, 2.75) is 6.92 Å². The number of aryl methyl sites for hydroxylation is 1. The third-order valence-electron chi connectivity index (χ3n) is 2.20. The van der Waals surface area contributed by atoms with Gasteiger partial charge in [-0.3, -0.25) is 4.79 Å². The van der Waals surface area contributed by atoms with E-state index in [0.717, 1.165) is 16.6 Å². The quantitative estimate of drug-likeness (QED) is 0.596. The van der Waals surface area contributed by atoms with E-state index in [1.54, 1.807) is 6.07 Å². The number of aromatic nitrogens is 1. The minimum absolute atomic E-state index is 0.0348. The molecule has 72 valence electrons. The number of carbonyl (C=O) groups is 1. The second kappa shape index (κ2) is 3.46. The second-order valence-corrected chi connectivity index (χ2v) is 3.58. The molecular formula is C11H10ClNO. The lowest BCUT2D eigenvalue weighted by molar-refractivity contribution is 0.102. The third kappa shape index (κ3) is 1.53. The Morgan fingerprint density at radius 2 is 2.21 bits per heavy atom. The summed E-state index contributed by atoms with van der Waals surface area (Å²) in [7, 11) is 0. The minimum atomic E-state index is -0.0348. The fourth-order valence-electron chi connectivity index (χ4n) is 1.53. The number of H-pyrrole nitrogens is 1. The van der Waals surface area contributed by atoms with Crippen LogP contribution in [0.4, 0.5) is 0 Å². The van der Waals surface area contributed by atoms with E-state index in [9.17, 15) is 4.79 Å². The van der Waals surface area contributed by atoms with Crippen molar-refractivity contribution in [2.24, 2.45) is 0 Å². The van der Waals surface area contributed by atoms with Crippen LogP contribution in [0, 0.1) is 6.92 Å². The van der Waals surface area contributed by atoms with Gasteiger partial charge in [-0.05, 0) is 31.2 Å². The summed E-state index contributed by atoms with van der Waals surface area (Å²) in [6.45, 7) is 1.99. The molecule has 2 aromatic rings. The van der Waals surface area contributed by atoms with Gasteiger partial charge in [-0.1, -0.05) is 0 Å². The maximum Gasteiger partial charge on any atom is 0.177 e. The standard InChI is InChI=1S/C11H10ClNO/c1-7-4-9-5-8(11(14)6-12)2-3-10(9)13-7/h2-5,13H,6H2,1H3. The Kier molecular flexibility index (Phi) is 2.30. The molecule has 14 heavy (non-hydrogen) atoms. The van der Waals surface area contributed by atoms with Gasteiger partial charge in [-0.15, -0.1) is 11.6 Å². The summed E-state index contributed by atoms with van der Waals surface area (Å²) < 4.78 is 0. The fourth-order valence-corrected chi connectivity index (χ4v) is 1.68. The van der Waals surface area contributed by atoms with Gasteiger partial charge in [0.25, 0.3) is 0 Å². The van der Waals surface area contributed by atoms with Crippen LogP contribution in [0.15, 0.2) is 24.3 Å². The molecular weight excluding hydrogens is 198 g/mol. The van der Waals surface area contributed by atoms with E-state index in [1.165, 1.54) is 0 Å². The molecule has 1 N–H and O–H groups in total. The van der Waals surface area contributed by atoms with Crippen molar-refractivity contribution in [3.8, 4) is 0 Å². The fraction of sp³-hybridized carbons (Fsp3) is 0.182. The number of alkyl halides is 1. The molecule has 1 aromatic carbocycles. The number of ketones is 1. The molecule has 2 rings (SSSR count). The number of nitrogens with one attached hydrogen (secondary N) is 1. The largest absolute Gasteiger partial charge is 0.359 e. The van der Waals surface area contributed by atoms with Crippen LogP contribution in [0.25, 0.3) is 10.9 Å². The van der Waals surface area contributed by atoms with Crippen LogP contribution in [0.3, 0.4) is 0 Å². The van der Waals surface area contributed by atoms with Gasteiger partial charge >= 0.3 is 0 Å². The van der Waals surface area contributed by atoms with Crippen LogP contribution < -0.4 is 0 Å². The van der Waals surface area contributed by atoms with Crippen LogP contribution in [-0.2, 0) is 0 Å². The van der Waals surface area contributed by atoms with Gasteiger partial charge in [-0.25, -0.2) is 0 Å². The van der Waals surface area contributed by atoms with Gasteiger partial charge in [0.2, 0.25) is 0 Å². The molecule has 0 fully saturated rings. The lowest BCUT2D eigenvalue weighted by Crippen LogP contribution is -1.99. The Labute approximate surface area is 86.9 Å². The Morgan fingerprint density at radius 1 is 1.43 bits per heavy atom. The molecule has 0 aliphatic rings. The van der Waals surface area contributed by atoms with Gasteiger partial charge < -0.3 is 4.98 Å². The number of carbonyl (C=O) groups excluding carboxylic acids is 1. The molecule has 0 spiro atoms. The predicted octanol–water partition coefficient (Wildman–Crippen LogP) is 2.90. The average Bonchev–Trinajstić information content (AvgIpc) is 2.55. The summed E-state index contributed by atoms with van der Waals surface area (Å²) >= 11 is 5.49. The molecule has 0 saturated heterocycles. The molecule has 3 heteroatoms. The van der Waals surface area contributed by atoms with Crippen molar-refractivity contribution in [3.63, 3.8) is 0 Å². The zero-order valence-corrected chi connectivity index (χ0v) is 8.56. The normalized spacial score (nSPS) is 10.7. The maximum absolute atomic E-state index is 11.3. The average molecular weight is 208 g/mol. The molecule has 0 unspecified atom stereocenters. The summed E-state index contributed by atoms with van der Waals surface area (Å²) in [5.41, 5.74) is 2.82. The van der Waals surface area contributed by atoms with Crippen LogP contribution in [0.2, 0.25) is 0 Å². The first-order chi connectivity index (χ1) is 6.70. The number of benzene rings is 1. The molecule has 0 amide bonds. The zero-order valence-electron chi connectivity index (χ0n) is 7.80. The van der Waals surface area contributed by atoms with Crippen LogP contribution in [0.1, 0.15) is 16.1 Å². The van der Waals surface area contributed by atoms with Crippen LogP contribution in [-0.4, -0.2) is 16.6 Å². The highest BCUT2D eigenvalue weighted by Crippen LogP contribution is 2.17. The van der Waals surface area contributed by atoms with Crippen molar-refractivity contribution in [3.05, 3.63) is 35.5 Å². The highest BCUT2D eigenvalue weighted by atomic mass is 35.5. The van der Waals surface area contributed by atoms with Gasteiger partial charge in [0, 0.05) is 22.2 Å². The van der Waals surface area contributed by atoms with Crippen molar-refractivity contribution in [1.29, 1.82) is 0 Å². The van der Waals surface area contributed by atoms with E-state index >= 15 is 0 Å². The van der Waals surface area contributed by atoms with E-state index in [0.29, 0.717) is 5.56 Å². The van der Waals surface area contributed by atoms with Gasteiger partial charge in [-0.2, -0.15) is 0 Å². The van der Waals surface area contributed by atoms with Crippen molar-refractivity contribution in [1.82, 2.24) is 4.98 Å². The Balaban J connectivity index is 2.55. The van der Waals surface area contributed by atoms with E-state index in [-0.39, 0.29) is 11.7 Å². The number of fused-ring (bicyclic) bond motifs is 1. The van der Waals surface area contributed by atoms with Crippen LogP contribution >= 0.6 is 11.6 Å². The first-order valence-electron chi connectivity index (χ1n) is 4.39. The summed E-state index contributed by atoms with van der Waals surface area (Å²) in [5.74, 6) is 0.00182. The van der Waals surface area contributed by atoms with Crippen molar-refractivity contribution < 1.29 is 4.79 Å². The van der Waals surface area contributed by atoms with Gasteiger partial charge in [0.15, 0.2) is 5.78 Å². The molecule has 0 aliphatic carbocycles. The first-order valence-corrected chi connectivity index (χ1v) is 4.92.